The number of likely N-dealkylation sites (N-methyl/N-ethyl adjacent to an activating group) is 1. The molecule has 58 valence electrons. The number of rotatable bonds is 0. The standard InChI is InChI=1S/C6H12N2O2/c1-8-2-5(9)6-4(8)3-10-7-6/h4-7,9H,2-3H2,1H3. The van der Waals surface area contributed by atoms with E-state index in [9.17, 15) is 5.11 Å². The van der Waals surface area contributed by atoms with Crippen LogP contribution in [0, 0.1) is 0 Å². The van der Waals surface area contributed by atoms with Crippen molar-refractivity contribution in [2.75, 3.05) is 20.2 Å². The van der Waals surface area contributed by atoms with E-state index in [0.29, 0.717) is 12.6 Å². The maximum absolute atomic E-state index is 9.39. The number of nitrogens with zero attached hydrogens (tertiary/aromatic N) is 1. The highest BCUT2D eigenvalue weighted by Crippen LogP contribution is 2.20. The molecule has 0 saturated carbocycles. The minimum absolute atomic E-state index is 0.130. The minimum Gasteiger partial charge on any atom is -0.390 e. The summed E-state index contributed by atoms with van der Waals surface area (Å²) in [5.74, 6) is 0. The molecule has 0 spiro atoms. The highest BCUT2D eigenvalue weighted by molar-refractivity contribution is 4.97. The van der Waals surface area contributed by atoms with Crippen LogP contribution in [0.25, 0.3) is 0 Å². The molecule has 4 heteroatoms. The summed E-state index contributed by atoms with van der Waals surface area (Å²) in [4.78, 5) is 7.12. The molecule has 2 aliphatic heterocycles. The number of aliphatic hydroxyl groups excluding tert-OH is 1. The molecule has 0 aromatic carbocycles. The summed E-state index contributed by atoms with van der Waals surface area (Å²) in [5, 5.41) is 9.39. The Balaban J connectivity index is 2.11. The second-order valence-electron chi connectivity index (χ2n) is 3.03. The smallest absolute Gasteiger partial charge is 0.0858 e. The first-order valence-corrected chi connectivity index (χ1v) is 3.54. The summed E-state index contributed by atoms with van der Waals surface area (Å²) >= 11 is 0. The van der Waals surface area contributed by atoms with Gasteiger partial charge in [0.2, 0.25) is 0 Å². The van der Waals surface area contributed by atoms with Crippen LogP contribution in [0.5, 0.6) is 0 Å². The number of β-amino-alcohol motifs (C(OH)–C–C–N with tert-alkyl or cyclic N) is 1. The lowest BCUT2D eigenvalue weighted by Crippen LogP contribution is -2.37. The van der Waals surface area contributed by atoms with Crippen molar-refractivity contribution in [3.05, 3.63) is 0 Å². The number of fused-ring (bicyclic) bond motifs is 1. The lowest BCUT2D eigenvalue weighted by atomic mass is 10.1. The first kappa shape index (κ1) is 6.54. The summed E-state index contributed by atoms with van der Waals surface area (Å²) in [7, 11) is 2.00. The fraction of sp³-hybridized carbons (Fsp3) is 1.00. The lowest BCUT2D eigenvalue weighted by Gasteiger charge is -2.13. The van der Waals surface area contributed by atoms with E-state index in [1.807, 2.05) is 7.05 Å². The molecule has 4 nitrogen and oxygen atoms in total. The molecule has 3 atom stereocenters. The number of hydrogen-bond acceptors (Lipinski definition) is 4. The van der Waals surface area contributed by atoms with Crippen LogP contribution in [-0.4, -0.2) is 48.4 Å². The largest absolute Gasteiger partial charge is 0.390 e. The molecule has 10 heavy (non-hydrogen) atoms. The highest BCUT2D eigenvalue weighted by Gasteiger charge is 2.42. The van der Waals surface area contributed by atoms with Gasteiger partial charge in [-0.3, -0.25) is 9.74 Å². The van der Waals surface area contributed by atoms with Crippen LogP contribution in [0.4, 0.5) is 0 Å². The quantitative estimate of drug-likeness (QED) is 0.437. The fourth-order valence-electron chi connectivity index (χ4n) is 1.69. The van der Waals surface area contributed by atoms with Gasteiger partial charge in [-0.25, -0.2) is 0 Å². The summed E-state index contributed by atoms with van der Waals surface area (Å²) < 4.78 is 0. The summed E-state index contributed by atoms with van der Waals surface area (Å²) in [6, 6.07) is 0.500. The SMILES string of the molecule is CN1CC(O)C2NOCC21. The van der Waals surface area contributed by atoms with Crippen molar-refractivity contribution in [3.63, 3.8) is 0 Å². The molecular weight excluding hydrogens is 132 g/mol. The predicted molar refractivity (Wildman–Crippen MR) is 35.3 cm³/mol. The van der Waals surface area contributed by atoms with Gasteiger partial charge in [0.1, 0.15) is 0 Å². The Hall–Kier alpha value is -0.160. The van der Waals surface area contributed by atoms with Crippen molar-refractivity contribution in [1.29, 1.82) is 0 Å². The van der Waals surface area contributed by atoms with Crippen molar-refractivity contribution in [2.45, 2.75) is 18.2 Å². The second-order valence-corrected chi connectivity index (χ2v) is 3.03. The molecule has 0 aliphatic carbocycles. The summed E-state index contributed by atoms with van der Waals surface area (Å²) in [6.45, 7) is 1.45. The fourth-order valence-corrected chi connectivity index (χ4v) is 1.69. The van der Waals surface area contributed by atoms with Crippen molar-refractivity contribution in [1.82, 2.24) is 10.4 Å². The molecule has 3 unspecified atom stereocenters. The Morgan fingerprint density at radius 3 is 3.20 bits per heavy atom. The monoisotopic (exact) mass is 144 g/mol. The van der Waals surface area contributed by atoms with Gasteiger partial charge in [-0.15, -0.1) is 0 Å². The number of hydroxylamine groups is 1. The van der Waals surface area contributed by atoms with Crippen molar-refractivity contribution in [2.24, 2.45) is 0 Å². The molecule has 2 N–H and O–H groups in total. The number of nitrogens with one attached hydrogen (secondary N) is 1. The van der Waals surface area contributed by atoms with E-state index in [0.717, 1.165) is 6.54 Å². The predicted octanol–water partition coefficient (Wildman–Crippen LogP) is -1.44. The molecular formula is C6H12N2O2. The van der Waals surface area contributed by atoms with Crippen LogP contribution in [-0.2, 0) is 4.84 Å². The highest BCUT2D eigenvalue weighted by atomic mass is 16.7. The van der Waals surface area contributed by atoms with Gasteiger partial charge in [0, 0.05) is 6.54 Å². The van der Waals surface area contributed by atoms with E-state index in [4.69, 9.17) is 4.84 Å². The van der Waals surface area contributed by atoms with Gasteiger partial charge >= 0.3 is 0 Å². The van der Waals surface area contributed by atoms with Crippen molar-refractivity contribution >= 4 is 0 Å². The molecule has 0 bridgehead atoms. The first-order valence-electron chi connectivity index (χ1n) is 3.54. The van der Waals surface area contributed by atoms with E-state index in [2.05, 4.69) is 10.4 Å². The van der Waals surface area contributed by atoms with Crippen LogP contribution in [0.15, 0.2) is 0 Å². The Morgan fingerprint density at radius 1 is 1.70 bits per heavy atom. The zero-order valence-corrected chi connectivity index (χ0v) is 5.95. The van der Waals surface area contributed by atoms with Crippen molar-refractivity contribution < 1.29 is 9.94 Å². The normalized spacial score (nSPS) is 48.0. The number of hydrogen-bond donors (Lipinski definition) is 2. The minimum atomic E-state index is -0.266. The maximum atomic E-state index is 9.39. The van der Waals surface area contributed by atoms with Gasteiger partial charge in [-0.1, -0.05) is 0 Å². The van der Waals surface area contributed by atoms with Gasteiger partial charge in [0.15, 0.2) is 0 Å². The molecule has 0 radical (unpaired) electrons. The van der Waals surface area contributed by atoms with Crippen LogP contribution in [0.3, 0.4) is 0 Å². The summed E-state index contributed by atoms with van der Waals surface area (Å²) in [5.41, 5.74) is 2.81. The van der Waals surface area contributed by atoms with E-state index < -0.39 is 0 Å². The van der Waals surface area contributed by atoms with Crippen molar-refractivity contribution in [3.8, 4) is 0 Å². The summed E-state index contributed by atoms with van der Waals surface area (Å²) in [6.07, 6.45) is -0.266. The Kier molecular flexibility index (Phi) is 1.42. The van der Waals surface area contributed by atoms with E-state index in [1.165, 1.54) is 0 Å². The third kappa shape index (κ3) is 0.769. The molecule has 2 saturated heterocycles. The van der Waals surface area contributed by atoms with Gasteiger partial charge in [0.05, 0.1) is 24.8 Å². The Bertz CT molecular complexity index is 128. The molecule has 2 rings (SSSR count). The van der Waals surface area contributed by atoms with Gasteiger partial charge < -0.3 is 5.11 Å². The molecule has 0 amide bonds. The second kappa shape index (κ2) is 2.17. The number of likely N-dealkylation sites (tertiary alicyclic amines) is 1. The third-order valence-corrected chi connectivity index (χ3v) is 2.34. The van der Waals surface area contributed by atoms with Crippen LogP contribution < -0.4 is 5.48 Å². The Labute approximate surface area is 59.7 Å². The van der Waals surface area contributed by atoms with E-state index >= 15 is 0 Å². The topological polar surface area (TPSA) is 44.7 Å². The van der Waals surface area contributed by atoms with E-state index in [-0.39, 0.29) is 12.1 Å². The third-order valence-electron chi connectivity index (χ3n) is 2.34. The van der Waals surface area contributed by atoms with Crippen LogP contribution >= 0.6 is 0 Å². The molecule has 2 fully saturated rings. The van der Waals surface area contributed by atoms with Gasteiger partial charge in [-0.2, -0.15) is 5.48 Å². The molecule has 0 aromatic rings. The first-order chi connectivity index (χ1) is 4.79. The Morgan fingerprint density at radius 2 is 2.50 bits per heavy atom. The van der Waals surface area contributed by atoms with Gasteiger partial charge in [0.25, 0.3) is 0 Å². The zero-order valence-electron chi connectivity index (χ0n) is 5.95. The average molecular weight is 144 g/mol. The van der Waals surface area contributed by atoms with E-state index in [1.54, 1.807) is 0 Å². The van der Waals surface area contributed by atoms with Crippen LogP contribution in [0.2, 0.25) is 0 Å². The molecule has 2 heterocycles. The van der Waals surface area contributed by atoms with Gasteiger partial charge in [-0.05, 0) is 7.05 Å². The number of aliphatic hydroxyl groups is 1. The average Bonchev–Trinajstić information content (AvgIpc) is 2.39. The maximum Gasteiger partial charge on any atom is 0.0858 e. The molecule has 0 aromatic heterocycles. The molecule has 2 aliphatic rings. The lowest BCUT2D eigenvalue weighted by molar-refractivity contribution is 0.0408. The zero-order chi connectivity index (χ0) is 7.14. The van der Waals surface area contributed by atoms with Crippen LogP contribution in [0.1, 0.15) is 0 Å².